The summed E-state index contributed by atoms with van der Waals surface area (Å²) in [4.78, 5) is 29.5. The molecule has 5 nitrogen and oxygen atoms in total. The number of carbonyl (C=O) groups is 1. The van der Waals surface area contributed by atoms with Crippen LogP contribution in [0.3, 0.4) is 0 Å². The molecule has 2 heterocycles. The molecule has 188 valence electrons. The monoisotopic (exact) mass is 501 g/mol. The van der Waals surface area contributed by atoms with Crippen LogP contribution < -0.4 is 15.1 Å². The van der Waals surface area contributed by atoms with Gasteiger partial charge in [0.1, 0.15) is 17.9 Å². The molecule has 1 aromatic heterocycles. The van der Waals surface area contributed by atoms with Crippen molar-refractivity contribution >= 4 is 22.6 Å². The number of hydrogen-bond acceptors (Lipinski definition) is 4. The maximum atomic E-state index is 14.0. The highest BCUT2D eigenvalue weighted by atomic mass is 16.5. The van der Waals surface area contributed by atoms with Gasteiger partial charge in [-0.3, -0.25) is 14.5 Å². The van der Waals surface area contributed by atoms with Gasteiger partial charge in [-0.1, -0.05) is 60.2 Å². The lowest BCUT2D eigenvalue weighted by Crippen LogP contribution is -2.29. The standard InChI is InChI=1S/C33H27NO4/c1-20-12-14-25(15-13-20)34-30(24-10-7-11-26(18-24)37-19-23-8-5-4-6-9-23)29-31(35)27-16-21(2)22(3)17-28(27)38-32(29)33(34)36/h4-18,30H,19H2,1-3H3. The first kappa shape index (κ1) is 23.7. The molecule has 5 aromatic rings. The minimum Gasteiger partial charge on any atom is -0.489 e. The molecule has 4 aromatic carbocycles. The van der Waals surface area contributed by atoms with Crippen molar-refractivity contribution in [2.45, 2.75) is 33.4 Å². The first-order chi connectivity index (χ1) is 18.4. The van der Waals surface area contributed by atoms with Crippen molar-refractivity contribution in [3.63, 3.8) is 0 Å². The third-order valence-electron chi connectivity index (χ3n) is 7.22. The number of benzene rings is 4. The number of aryl methyl sites for hydroxylation is 3. The minimum atomic E-state index is -0.650. The molecule has 0 fully saturated rings. The van der Waals surface area contributed by atoms with Crippen molar-refractivity contribution in [2.24, 2.45) is 0 Å². The predicted octanol–water partition coefficient (Wildman–Crippen LogP) is 7.05. The lowest BCUT2D eigenvalue weighted by Gasteiger charge is -2.25. The Balaban J connectivity index is 1.51. The second kappa shape index (κ2) is 9.34. The number of rotatable bonds is 5. The molecule has 1 aliphatic heterocycles. The van der Waals surface area contributed by atoms with Crippen LogP contribution in [-0.4, -0.2) is 5.91 Å². The van der Waals surface area contributed by atoms with Gasteiger partial charge in [-0.2, -0.15) is 0 Å². The van der Waals surface area contributed by atoms with Gasteiger partial charge in [-0.05, 0) is 79.4 Å². The molecule has 1 aliphatic rings. The van der Waals surface area contributed by atoms with Gasteiger partial charge < -0.3 is 9.15 Å². The van der Waals surface area contributed by atoms with E-state index in [1.165, 1.54) is 0 Å². The Morgan fingerprint density at radius 2 is 1.55 bits per heavy atom. The van der Waals surface area contributed by atoms with E-state index >= 15 is 0 Å². The molecule has 0 saturated carbocycles. The summed E-state index contributed by atoms with van der Waals surface area (Å²) in [5.41, 5.74) is 6.20. The molecule has 38 heavy (non-hydrogen) atoms. The molecule has 0 radical (unpaired) electrons. The Morgan fingerprint density at radius 3 is 2.32 bits per heavy atom. The number of hydrogen-bond donors (Lipinski definition) is 0. The second-order valence-electron chi connectivity index (χ2n) is 9.87. The van der Waals surface area contributed by atoms with Crippen molar-refractivity contribution in [3.05, 3.63) is 140 Å². The van der Waals surface area contributed by atoms with Gasteiger partial charge in [0.15, 0.2) is 5.43 Å². The van der Waals surface area contributed by atoms with Crippen molar-refractivity contribution in [3.8, 4) is 5.75 Å². The molecule has 5 heteroatoms. The van der Waals surface area contributed by atoms with Gasteiger partial charge in [0.2, 0.25) is 5.76 Å². The summed E-state index contributed by atoms with van der Waals surface area (Å²) in [5, 5.41) is 0.479. The first-order valence-electron chi connectivity index (χ1n) is 12.7. The summed E-state index contributed by atoms with van der Waals surface area (Å²) in [6.07, 6.45) is 0. The van der Waals surface area contributed by atoms with Crippen LogP contribution >= 0.6 is 0 Å². The van der Waals surface area contributed by atoms with Gasteiger partial charge >= 0.3 is 0 Å². The summed E-state index contributed by atoms with van der Waals surface area (Å²) < 4.78 is 12.3. The van der Waals surface area contributed by atoms with Crippen LogP contribution in [0.15, 0.2) is 100 Å². The third kappa shape index (κ3) is 4.06. The molecular formula is C33H27NO4. The van der Waals surface area contributed by atoms with Gasteiger partial charge in [-0.25, -0.2) is 0 Å². The maximum Gasteiger partial charge on any atom is 0.295 e. The number of fused-ring (bicyclic) bond motifs is 2. The molecule has 0 saturated heterocycles. The number of anilines is 1. The summed E-state index contributed by atoms with van der Waals surface area (Å²) in [6.45, 7) is 6.35. The van der Waals surface area contributed by atoms with E-state index in [0.717, 1.165) is 27.8 Å². The summed E-state index contributed by atoms with van der Waals surface area (Å²) in [7, 11) is 0. The first-order valence-corrected chi connectivity index (χ1v) is 12.7. The van der Waals surface area contributed by atoms with Crippen molar-refractivity contribution in [2.75, 3.05) is 4.90 Å². The van der Waals surface area contributed by atoms with Crippen LogP contribution in [0.5, 0.6) is 5.75 Å². The van der Waals surface area contributed by atoms with E-state index in [9.17, 15) is 9.59 Å². The SMILES string of the molecule is Cc1ccc(N2C(=O)c3oc4cc(C)c(C)cc4c(=O)c3C2c2cccc(OCc3ccccc3)c2)cc1. The van der Waals surface area contributed by atoms with E-state index in [-0.39, 0.29) is 17.1 Å². The van der Waals surface area contributed by atoms with Crippen LogP contribution in [0, 0.1) is 20.8 Å². The van der Waals surface area contributed by atoms with E-state index in [1.54, 1.807) is 4.90 Å². The zero-order chi connectivity index (χ0) is 26.4. The maximum absolute atomic E-state index is 14.0. The Bertz CT molecular complexity index is 1740. The van der Waals surface area contributed by atoms with E-state index in [4.69, 9.17) is 9.15 Å². The van der Waals surface area contributed by atoms with Crippen LogP contribution in [0.1, 0.15) is 50.0 Å². The van der Waals surface area contributed by atoms with Crippen LogP contribution in [0.25, 0.3) is 11.0 Å². The lowest BCUT2D eigenvalue weighted by atomic mass is 9.97. The fraction of sp³-hybridized carbons (Fsp3) is 0.152. The molecule has 6 rings (SSSR count). The van der Waals surface area contributed by atoms with Gasteiger partial charge in [-0.15, -0.1) is 0 Å². The molecule has 1 unspecified atom stereocenters. The Labute approximate surface area is 220 Å². The summed E-state index contributed by atoms with van der Waals surface area (Å²) in [6, 6.07) is 28.3. The number of amides is 1. The fourth-order valence-electron chi connectivity index (χ4n) is 5.03. The Morgan fingerprint density at radius 1 is 0.816 bits per heavy atom. The molecule has 0 bridgehead atoms. The second-order valence-corrected chi connectivity index (χ2v) is 9.87. The van der Waals surface area contributed by atoms with Crippen molar-refractivity contribution in [1.82, 2.24) is 0 Å². The number of carbonyl (C=O) groups excluding carboxylic acids is 1. The average Bonchev–Trinajstić information content (AvgIpc) is 3.22. The zero-order valence-corrected chi connectivity index (χ0v) is 21.5. The molecule has 0 spiro atoms. The molecular weight excluding hydrogens is 474 g/mol. The number of ether oxygens (including phenoxy) is 1. The average molecular weight is 502 g/mol. The van der Waals surface area contributed by atoms with Crippen LogP contribution in [-0.2, 0) is 6.61 Å². The normalized spacial score (nSPS) is 14.7. The largest absolute Gasteiger partial charge is 0.489 e. The lowest BCUT2D eigenvalue weighted by molar-refractivity contribution is 0.0971. The van der Waals surface area contributed by atoms with E-state index in [1.807, 2.05) is 112 Å². The van der Waals surface area contributed by atoms with Crippen LogP contribution in [0.4, 0.5) is 5.69 Å². The van der Waals surface area contributed by atoms with Gasteiger partial charge in [0.25, 0.3) is 5.91 Å². The molecule has 0 N–H and O–H groups in total. The molecule has 0 aliphatic carbocycles. The van der Waals surface area contributed by atoms with Gasteiger partial charge in [0, 0.05) is 5.69 Å². The zero-order valence-electron chi connectivity index (χ0n) is 21.5. The van der Waals surface area contributed by atoms with Crippen molar-refractivity contribution in [1.29, 1.82) is 0 Å². The highest BCUT2D eigenvalue weighted by molar-refractivity contribution is 6.10. The summed E-state index contributed by atoms with van der Waals surface area (Å²) >= 11 is 0. The van der Waals surface area contributed by atoms with Crippen molar-refractivity contribution < 1.29 is 13.9 Å². The smallest absolute Gasteiger partial charge is 0.295 e. The summed E-state index contributed by atoms with van der Waals surface area (Å²) in [5.74, 6) is 0.418. The quantitative estimate of drug-likeness (QED) is 0.259. The highest BCUT2D eigenvalue weighted by Gasteiger charge is 2.43. The third-order valence-corrected chi connectivity index (χ3v) is 7.22. The predicted molar refractivity (Wildman–Crippen MR) is 149 cm³/mol. The fourth-order valence-corrected chi connectivity index (χ4v) is 5.03. The topological polar surface area (TPSA) is 59.8 Å². The van der Waals surface area contributed by atoms with E-state index in [0.29, 0.717) is 34.6 Å². The van der Waals surface area contributed by atoms with Crippen LogP contribution in [0.2, 0.25) is 0 Å². The van der Waals surface area contributed by atoms with E-state index in [2.05, 4.69) is 0 Å². The molecule has 1 amide bonds. The minimum absolute atomic E-state index is 0.0898. The Hall–Kier alpha value is -4.64. The Kier molecular flexibility index (Phi) is 5.84. The number of nitrogens with zero attached hydrogens (tertiary/aromatic N) is 1. The van der Waals surface area contributed by atoms with E-state index < -0.39 is 6.04 Å². The van der Waals surface area contributed by atoms with Gasteiger partial charge in [0.05, 0.1) is 17.0 Å². The molecule has 1 atom stereocenters. The highest BCUT2D eigenvalue weighted by Crippen LogP contribution is 2.42.